The Morgan fingerprint density at radius 3 is 2.87 bits per heavy atom. The van der Waals surface area contributed by atoms with Crippen molar-refractivity contribution in [2.75, 3.05) is 6.61 Å². The number of isocyanates is 1. The molecule has 0 saturated heterocycles. The molecule has 0 bridgehead atoms. The Bertz CT molecular complexity index is 420. The summed E-state index contributed by atoms with van der Waals surface area (Å²) in [6.07, 6.45) is 1.18. The number of benzene rings is 1. The number of carbonyl (C=O) groups is 1. The lowest BCUT2D eigenvalue weighted by Crippen LogP contribution is -2.09. The minimum Gasteiger partial charge on any atom is -0.483 e. The second-order valence-corrected chi connectivity index (χ2v) is 3.08. The first-order valence-corrected chi connectivity index (χ1v) is 4.45. The topological polar surface area (TPSA) is 55.7 Å². The maximum Gasteiger partial charge on any atom is 0.294 e. The fourth-order valence-electron chi connectivity index (χ4n) is 1.10. The van der Waals surface area contributed by atoms with Crippen molar-refractivity contribution < 1.29 is 14.3 Å². The summed E-state index contributed by atoms with van der Waals surface area (Å²) in [4.78, 5) is 23.6. The number of carbonyl (C=O) groups excluding carboxylic acids is 2. The van der Waals surface area contributed by atoms with E-state index in [1.54, 1.807) is 6.07 Å². The molecule has 0 radical (unpaired) electrons. The summed E-state index contributed by atoms with van der Waals surface area (Å²) in [6.45, 7) is 3.62. The lowest BCUT2D eigenvalue weighted by Gasteiger charge is -2.08. The van der Waals surface area contributed by atoms with E-state index in [2.05, 4.69) is 4.99 Å². The van der Waals surface area contributed by atoms with Crippen LogP contribution in [-0.4, -0.2) is 18.6 Å². The number of hydrogen-bond acceptors (Lipinski definition) is 3. The molecule has 0 spiro atoms. The molecule has 0 atom stereocenters. The van der Waals surface area contributed by atoms with E-state index in [0.717, 1.165) is 11.1 Å². The van der Waals surface area contributed by atoms with Gasteiger partial charge in [-0.25, -0.2) is 4.79 Å². The number of hydrogen-bond donors (Lipinski definition) is 0. The quantitative estimate of drug-likeness (QED) is 0.555. The molecule has 1 amide bonds. The highest BCUT2D eigenvalue weighted by molar-refractivity contribution is 5.82. The van der Waals surface area contributed by atoms with Crippen LogP contribution in [0.15, 0.2) is 23.2 Å². The summed E-state index contributed by atoms with van der Waals surface area (Å²) in [5.41, 5.74) is 2.05. The first kappa shape index (κ1) is 11.1. The van der Waals surface area contributed by atoms with Crippen LogP contribution in [-0.2, 0) is 9.59 Å². The number of ether oxygens (including phenoxy) is 1. The fourth-order valence-corrected chi connectivity index (χ4v) is 1.10. The molecular weight excluding hydrogens is 194 g/mol. The van der Waals surface area contributed by atoms with Gasteiger partial charge in [-0.1, -0.05) is 12.1 Å². The Balaban J connectivity index is 2.69. The smallest absolute Gasteiger partial charge is 0.294 e. The minimum absolute atomic E-state index is 0.237. The predicted molar refractivity (Wildman–Crippen MR) is 54.5 cm³/mol. The first-order chi connectivity index (χ1) is 7.15. The van der Waals surface area contributed by atoms with Crippen LogP contribution in [0.2, 0.25) is 0 Å². The van der Waals surface area contributed by atoms with Crippen molar-refractivity contribution in [1.82, 2.24) is 0 Å². The number of aryl methyl sites for hydroxylation is 1. The van der Waals surface area contributed by atoms with E-state index in [9.17, 15) is 9.59 Å². The normalized spacial score (nSPS) is 9.20. The Labute approximate surface area is 87.6 Å². The average Bonchev–Trinajstić information content (AvgIpc) is 2.21. The summed E-state index contributed by atoms with van der Waals surface area (Å²) in [5, 5.41) is 0. The highest BCUT2D eigenvalue weighted by atomic mass is 16.5. The third-order valence-electron chi connectivity index (χ3n) is 2.08. The third-order valence-corrected chi connectivity index (χ3v) is 2.08. The number of aliphatic imine (C=N–C) groups is 1. The van der Waals surface area contributed by atoms with E-state index in [4.69, 9.17) is 4.74 Å². The summed E-state index contributed by atoms with van der Waals surface area (Å²) < 4.78 is 5.21. The van der Waals surface area contributed by atoms with Gasteiger partial charge >= 0.3 is 0 Å². The predicted octanol–water partition coefficient (Wildman–Crippen LogP) is 1.54. The second-order valence-electron chi connectivity index (χ2n) is 3.08. The summed E-state index contributed by atoms with van der Waals surface area (Å²) >= 11 is 0. The first-order valence-electron chi connectivity index (χ1n) is 4.45. The van der Waals surface area contributed by atoms with Crippen LogP contribution < -0.4 is 4.74 Å². The fraction of sp³-hybridized carbons (Fsp3) is 0.273. The highest BCUT2D eigenvalue weighted by Gasteiger charge is 2.04. The molecule has 78 valence electrons. The van der Waals surface area contributed by atoms with E-state index in [1.807, 2.05) is 26.0 Å². The second kappa shape index (κ2) is 5.08. The van der Waals surface area contributed by atoms with Gasteiger partial charge in [0.25, 0.3) is 5.91 Å². The van der Waals surface area contributed by atoms with Crippen molar-refractivity contribution in [3.8, 4) is 5.75 Å². The lowest BCUT2D eigenvalue weighted by atomic mass is 10.1. The van der Waals surface area contributed by atoms with Crippen LogP contribution in [0.1, 0.15) is 11.1 Å². The summed E-state index contributed by atoms with van der Waals surface area (Å²) in [6, 6.07) is 5.55. The molecule has 0 fully saturated rings. The van der Waals surface area contributed by atoms with Gasteiger partial charge in [-0.05, 0) is 31.0 Å². The third kappa shape index (κ3) is 3.04. The Hall–Kier alpha value is -1.93. The number of amides is 1. The molecule has 4 nitrogen and oxygen atoms in total. The van der Waals surface area contributed by atoms with Gasteiger partial charge in [0.15, 0.2) is 6.61 Å². The molecule has 1 rings (SSSR count). The zero-order chi connectivity index (χ0) is 11.3. The Morgan fingerprint density at radius 1 is 1.47 bits per heavy atom. The molecule has 0 aliphatic rings. The maximum absolute atomic E-state index is 10.9. The average molecular weight is 205 g/mol. The molecule has 1 aromatic carbocycles. The van der Waals surface area contributed by atoms with Crippen LogP contribution in [0.5, 0.6) is 5.75 Å². The Morgan fingerprint density at radius 2 is 2.20 bits per heavy atom. The van der Waals surface area contributed by atoms with Crippen molar-refractivity contribution in [2.45, 2.75) is 13.8 Å². The monoisotopic (exact) mass is 205 g/mol. The molecule has 0 aliphatic heterocycles. The molecule has 4 heteroatoms. The van der Waals surface area contributed by atoms with Crippen molar-refractivity contribution in [3.05, 3.63) is 29.3 Å². The van der Waals surface area contributed by atoms with E-state index in [0.29, 0.717) is 5.75 Å². The van der Waals surface area contributed by atoms with E-state index < -0.39 is 5.91 Å². The van der Waals surface area contributed by atoms with Crippen LogP contribution in [0.25, 0.3) is 0 Å². The van der Waals surface area contributed by atoms with Crippen molar-refractivity contribution in [2.24, 2.45) is 4.99 Å². The highest BCUT2D eigenvalue weighted by Crippen LogP contribution is 2.20. The molecule has 0 N–H and O–H groups in total. The summed E-state index contributed by atoms with van der Waals surface area (Å²) in [7, 11) is 0. The molecule has 0 heterocycles. The van der Waals surface area contributed by atoms with Crippen LogP contribution in [0.3, 0.4) is 0 Å². The SMILES string of the molecule is Cc1cccc(OCC(=O)N=C=O)c1C. The molecule has 1 aromatic rings. The maximum atomic E-state index is 10.9. The molecule has 0 aliphatic carbocycles. The van der Waals surface area contributed by atoms with Crippen molar-refractivity contribution >= 4 is 12.0 Å². The van der Waals surface area contributed by atoms with Gasteiger partial charge in [-0.15, -0.1) is 4.99 Å². The molecule has 15 heavy (non-hydrogen) atoms. The van der Waals surface area contributed by atoms with Crippen molar-refractivity contribution in [1.29, 1.82) is 0 Å². The van der Waals surface area contributed by atoms with Gasteiger partial charge in [-0.2, -0.15) is 0 Å². The van der Waals surface area contributed by atoms with Gasteiger partial charge in [0.05, 0.1) is 0 Å². The number of nitrogens with zero attached hydrogens (tertiary/aromatic N) is 1. The Kier molecular flexibility index (Phi) is 3.77. The molecule has 0 saturated carbocycles. The van der Waals surface area contributed by atoms with Gasteiger partial charge in [-0.3, -0.25) is 4.79 Å². The molecule has 0 aromatic heterocycles. The van der Waals surface area contributed by atoms with E-state index >= 15 is 0 Å². The zero-order valence-corrected chi connectivity index (χ0v) is 8.61. The largest absolute Gasteiger partial charge is 0.483 e. The van der Waals surface area contributed by atoms with Crippen molar-refractivity contribution in [3.63, 3.8) is 0 Å². The number of rotatable bonds is 3. The van der Waals surface area contributed by atoms with E-state index in [-0.39, 0.29) is 6.61 Å². The zero-order valence-electron chi connectivity index (χ0n) is 8.61. The molecule has 0 unspecified atom stereocenters. The van der Waals surface area contributed by atoms with Crippen LogP contribution >= 0.6 is 0 Å². The van der Waals surface area contributed by atoms with E-state index in [1.165, 1.54) is 6.08 Å². The molecular formula is C11H11NO3. The van der Waals surface area contributed by atoms with Crippen LogP contribution in [0, 0.1) is 13.8 Å². The van der Waals surface area contributed by atoms with Gasteiger partial charge in [0, 0.05) is 0 Å². The standard InChI is InChI=1S/C11H11NO3/c1-8-4-3-5-10(9(8)2)15-6-11(14)12-7-13/h3-5H,6H2,1-2H3. The minimum atomic E-state index is -0.633. The van der Waals surface area contributed by atoms with Gasteiger partial charge < -0.3 is 4.74 Å². The van der Waals surface area contributed by atoms with Crippen LogP contribution in [0.4, 0.5) is 0 Å². The van der Waals surface area contributed by atoms with Gasteiger partial charge in [0.1, 0.15) is 5.75 Å². The lowest BCUT2D eigenvalue weighted by molar-refractivity contribution is -0.119. The van der Waals surface area contributed by atoms with Gasteiger partial charge in [0.2, 0.25) is 6.08 Å². The summed E-state index contributed by atoms with van der Waals surface area (Å²) in [5.74, 6) is -0.00430.